The predicted molar refractivity (Wildman–Crippen MR) is 74.4 cm³/mol. The quantitative estimate of drug-likeness (QED) is 0.883. The molecule has 0 amide bonds. The van der Waals surface area contributed by atoms with E-state index in [9.17, 15) is 18.3 Å². The van der Waals surface area contributed by atoms with Gasteiger partial charge in [0.2, 0.25) is 0 Å². The average molecular weight is 336 g/mol. The number of hydrogen-bond donors (Lipinski definition) is 1. The normalized spacial score (nSPS) is 13.2. The van der Waals surface area contributed by atoms with Crippen LogP contribution in [0.25, 0.3) is 0 Å². The molecule has 0 bridgehead atoms. The van der Waals surface area contributed by atoms with Crippen molar-refractivity contribution in [3.05, 3.63) is 63.4 Å². The van der Waals surface area contributed by atoms with E-state index >= 15 is 0 Å². The molecule has 0 saturated carbocycles. The summed E-state index contributed by atoms with van der Waals surface area (Å²) in [7, 11) is 0. The van der Waals surface area contributed by atoms with Gasteiger partial charge in [-0.15, -0.1) is 0 Å². The lowest BCUT2D eigenvalue weighted by atomic mass is 10.0. The molecule has 2 rings (SSSR count). The van der Waals surface area contributed by atoms with E-state index in [1.165, 1.54) is 0 Å². The monoisotopic (exact) mass is 335 g/mol. The number of alkyl halides is 3. The Bertz CT molecular complexity index is 629. The van der Waals surface area contributed by atoms with Crippen LogP contribution in [0.5, 0.6) is 0 Å². The Kier molecular flexibility index (Phi) is 4.76. The van der Waals surface area contributed by atoms with Gasteiger partial charge in [-0.25, -0.2) is 0 Å². The molecule has 21 heavy (non-hydrogen) atoms. The van der Waals surface area contributed by atoms with Crippen molar-refractivity contribution >= 4 is 23.2 Å². The first-order valence-corrected chi connectivity index (χ1v) is 6.68. The van der Waals surface area contributed by atoms with Gasteiger partial charge in [0, 0.05) is 12.6 Å². The maximum absolute atomic E-state index is 12.4. The van der Waals surface area contributed by atoms with Crippen LogP contribution in [0.3, 0.4) is 0 Å². The van der Waals surface area contributed by atoms with Crippen molar-refractivity contribution < 1.29 is 18.3 Å². The van der Waals surface area contributed by atoms with Crippen LogP contribution in [0.4, 0.5) is 13.2 Å². The average Bonchev–Trinajstić information content (AvgIpc) is 2.43. The maximum Gasteiger partial charge on any atom is 0.417 e. The van der Waals surface area contributed by atoms with E-state index in [-0.39, 0.29) is 12.1 Å². The molecule has 0 spiro atoms. The molecule has 112 valence electrons. The van der Waals surface area contributed by atoms with Gasteiger partial charge in [-0.1, -0.05) is 35.3 Å². The zero-order valence-corrected chi connectivity index (χ0v) is 12.0. The van der Waals surface area contributed by atoms with Gasteiger partial charge in [0.15, 0.2) is 0 Å². The number of rotatable bonds is 3. The summed E-state index contributed by atoms with van der Waals surface area (Å²) in [6.07, 6.45) is -4.72. The largest absolute Gasteiger partial charge is 0.417 e. The Morgan fingerprint density at radius 1 is 1.14 bits per heavy atom. The van der Waals surface area contributed by atoms with E-state index < -0.39 is 17.8 Å². The fourth-order valence-electron chi connectivity index (χ4n) is 1.79. The van der Waals surface area contributed by atoms with Crippen LogP contribution in [-0.2, 0) is 12.6 Å². The number of aromatic nitrogens is 1. The molecule has 0 fully saturated rings. The first-order valence-electron chi connectivity index (χ1n) is 5.93. The molecule has 0 saturated heterocycles. The molecule has 0 aliphatic heterocycles. The zero-order valence-electron chi connectivity index (χ0n) is 10.5. The number of hydrogen-bond acceptors (Lipinski definition) is 2. The Balaban J connectivity index is 2.17. The summed E-state index contributed by atoms with van der Waals surface area (Å²) in [6, 6.07) is 6.99. The third-order valence-corrected chi connectivity index (χ3v) is 3.76. The van der Waals surface area contributed by atoms with E-state index in [1.807, 2.05) is 0 Å². The molecule has 2 nitrogen and oxygen atoms in total. The summed E-state index contributed by atoms with van der Waals surface area (Å²) in [5.74, 6) is 0. The summed E-state index contributed by atoms with van der Waals surface area (Å²) < 4.78 is 37.3. The molecule has 0 aliphatic rings. The summed E-state index contributed by atoms with van der Waals surface area (Å²) in [4.78, 5) is 3.65. The summed E-state index contributed by atoms with van der Waals surface area (Å²) in [5.41, 5.74) is -0.128. The lowest BCUT2D eigenvalue weighted by molar-refractivity contribution is -0.137. The van der Waals surface area contributed by atoms with Crippen LogP contribution in [0.15, 0.2) is 36.5 Å². The Morgan fingerprint density at radius 2 is 1.86 bits per heavy atom. The van der Waals surface area contributed by atoms with Crippen LogP contribution < -0.4 is 0 Å². The number of halogens is 5. The van der Waals surface area contributed by atoms with Crippen LogP contribution in [-0.4, -0.2) is 10.1 Å². The third-order valence-electron chi connectivity index (χ3n) is 2.90. The maximum atomic E-state index is 12.4. The fraction of sp³-hybridized carbons (Fsp3) is 0.214. The molecule has 1 aromatic carbocycles. The minimum atomic E-state index is -4.45. The Labute approximate surface area is 129 Å². The van der Waals surface area contributed by atoms with E-state index in [2.05, 4.69) is 4.98 Å². The van der Waals surface area contributed by atoms with Crippen molar-refractivity contribution in [3.8, 4) is 0 Å². The van der Waals surface area contributed by atoms with E-state index in [1.54, 1.807) is 18.2 Å². The molecule has 1 atom stereocenters. The topological polar surface area (TPSA) is 33.1 Å². The highest BCUT2D eigenvalue weighted by atomic mass is 35.5. The second kappa shape index (κ2) is 6.22. The predicted octanol–water partition coefficient (Wildman–Crippen LogP) is 4.68. The molecule has 0 aliphatic carbocycles. The van der Waals surface area contributed by atoms with E-state index in [4.69, 9.17) is 23.2 Å². The van der Waals surface area contributed by atoms with Crippen molar-refractivity contribution in [2.24, 2.45) is 0 Å². The molecule has 1 aromatic heterocycles. The van der Waals surface area contributed by atoms with Gasteiger partial charge in [-0.3, -0.25) is 4.98 Å². The minimum Gasteiger partial charge on any atom is -0.386 e. The molecule has 0 radical (unpaired) electrons. The summed E-state index contributed by atoms with van der Waals surface area (Å²) in [5, 5.41) is 10.7. The molecule has 2 aromatic rings. The number of aliphatic hydroxyl groups excluding tert-OH is 1. The zero-order chi connectivity index (χ0) is 15.6. The van der Waals surface area contributed by atoms with Crippen LogP contribution in [0.1, 0.15) is 22.9 Å². The smallest absolute Gasteiger partial charge is 0.386 e. The second-order valence-electron chi connectivity index (χ2n) is 4.40. The summed E-state index contributed by atoms with van der Waals surface area (Å²) >= 11 is 11.9. The number of benzene rings is 1. The first-order chi connectivity index (χ1) is 9.79. The molecular formula is C14H10Cl2F3NO. The number of pyridine rings is 1. The Hall–Kier alpha value is -1.30. The molecule has 1 N–H and O–H groups in total. The molecule has 7 heteroatoms. The third kappa shape index (κ3) is 3.87. The lowest BCUT2D eigenvalue weighted by Gasteiger charge is -2.13. The highest BCUT2D eigenvalue weighted by Crippen LogP contribution is 2.31. The van der Waals surface area contributed by atoms with Crippen molar-refractivity contribution in [1.82, 2.24) is 4.98 Å². The van der Waals surface area contributed by atoms with Gasteiger partial charge in [0.25, 0.3) is 0 Å². The lowest BCUT2D eigenvalue weighted by Crippen LogP contribution is -2.09. The second-order valence-corrected chi connectivity index (χ2v) is 5.19. The van der Waals surface area contributed by atoms with Crippen LogP contribution >= 0.6 is 23.2 Å². The van der Waals surface area contributed by atoms with Gasteiger partial charge >= 0.3 is 6.18 Å². The van der Waals surface area contributed by atoms with Gasteiger partial charge in [0.05, 0.1) is 27.4 Å². The summed E-state index contributed by atoms with van der Waals surface area (Å²) in [6.45, 7) is 0. The van der Waals surface area contributed by atoms with E-state index in [0.29, 0.717) is 21.8 Å². The van der Waals surface area contributed by atoms with Gasteiger partial charge in [0.1, 0.15) is 0 Å². The number of aliphatic hydroxyl groups is 1. The SMILES string of the molecule is OC(Cc1cccc(Cl)c1Cl)c1ccc(C(F)(F)F)cn1. The fourth-order valence-corrected chi connectivity index (χ4v) is 2.19. The van der Waals surface area contributed by atoms with Gasteiger partial charge in [-0.2, -0.15) is 13.2 Å². The number of nitrogens with zero attached hydrogens (tertiary/aromatic N) is 1. The van der Waals surface area contributed by atoms with Gasteiger partial charge in [-0.05, 0) is 23.8 Å². The standard InChI is InChI=1S/C14H10Cl2F3NO/c15-10-3-1-2-8(13(10)16)6-12(21)11-5-4-9(7-20-11)14(17,18)19/h1-5,7,12,21H,6H2. The van der Waals surface area contributed by atoms with Crippen molar-refractivity contribution in [2.45, 2.75) is 18.7 Å². The molecule has 1 unspecified atom stereocenters. The van der Waals surface area contributed by atoms with Crippen LogP contribution in [0, 0.1) is 0 Å². The van der Waals surface area contributed by atoms with Crippen molar-refractivity contribution in [3.63, 3.8) is 0 Å². The van der Waals surface area contributed by atoms with Gasteiger partial charge < -0.3 is 5.11 Å². The van der Waals surface area contributed by atoms with E-state index in [0.717, 1.165) is 12.1 Å². The highest BCUT2D eigenvalue weighted by molar-refractivity contribution is 6.42. The first kappa shape index (κ1) is 16.1. The molecular weight excluding hydrogens is 326 g/mol. The highest BCUT2D eigenvalue weighted by Gasteiger charge is 2.30. The van der Waals surface area contributed by atoms with Crippen LogP contribution in [0.2, 0.25) is 10.0 Å². The van der Waals surface area contributed by atoms with Crippen molar-refractivity contribution in [2.75, 3.05) is 0 Å². The minimum absolute atomic E-state index is 0.109. The molecule has 1 heterocycles. The Morgan fingerprint density at radius 3 is 2.43 bits per heavy atom. The van der Waals surface area contributed by atoms with Crippen molar-refractivity contribution in [1.29, 1.82) is 0 Å².